The van der Waals surface area contributed by atoms with Gasteiger partial charge >= 0.3 is 0 Å². The SMILES string of the molecule is Cc1nc(-c2sc(-c3ccc(O)cc3)cc2Cl)n(C)n1. The normalized spacial score (nSPS) is 10.9. The summed E-state index contributed by atoms with van der Waals surface area (Å²) < 4.78 is 1.73. The van der Waals surface area contributed by atoms with Crippen LogP contribution < -0.4 is 0 Å². The van der Waals surface area contributed by atoms with E-state index in [1.807, 2.05) is 32.2 Å². The molecule has 102 valence electrons. The number of hydrogen-bond acceptors (Lipinski definition) is 4. The van der Waals surface area contributed by atoms with Crippen LogP contribution in [-0.4, -0.2) is 19.9 Å². The van der Waals surface area contributed by atoms with Gasteiger partial charge < -0.3 is 5.11 Å². The lowest BCUT2D eigenvalue weighted by molar-refractivity contribution is 0.475. The molecule has 3 aromatic rings. The van der Waals surface area contributed by atoms with E-state index in [2.05, 4.69) is 10.1 Å². The Balaban J connectivity index is 2.07. The molecule has 6 heteroatoms. The smallest absolute Gasteiger partial charge is 0.169 e. The highest BCUT2D eigenvalue weighted by Gasteiger charge is 2.16. The molecule has 4 nitrogen and oxygen atoms in total. The third-order valence-electron chi connectivity index (χ3n) is 2.91. The highest BCUT2D eigenvalue weighted by molar-refractivity contribution is 7.19. The molecule has 3 rings (SSSR count). The molecule has 0 atom stereocenters. The molecule has 0 aliphatic carbocycles. The first kappa shape index (κ1) is 13.1. The van der Waals surface area contributed by atoms with E-state index in [-0.39, 0.29) is 5.75 Å². The molecule has 0 saturated heterocycles. The molecule has 0 aliphatic heterocycles. The Labute approximate surface area is 125 Å². The number of thiophene rings is 1. The number of aryl methyl sites for hydroxylation is 2. The summed E-state index contributed by atoms with van der Waals surface area (Å²) in [5.41, 5.74) is 1.01. The quantitative estimate of drug-likeness (QED) is 0.781. The maximum absolute atomic E-state index is 9.34. The Kier molecular flexibility index (Phi) is 3.23. The lowest BCUT2D eigenvalue weighted by Gasteiger charge is -1.97. The van der Waals surface area contributed by atoms with Crippen molar-refractivity contribution in [1.82, 2.24) is 14.8 Å². The average Bonchev–Trinajstić information content (AvgIpc) is 2.93. The largest absolute Gasteiger partial charge is 0.508 e. The second-order valence-corrected chi connectivity index (χ2v) is 5.90. The zero-order chi connectivity index (χ0) is 14.3. The van der Waals surface area contributed by atoms with Gasteiger partial charge in [-0.1, -0.05) is 11.6 Å². The first-order valence-corrected chi connectivity index (χ1v) is 7.21. The van der Waals surface area contributed by atoms with Crippen molar-refractivity contribution in [3.05, 3.63) is 41.2 Å². The molecule has 0 fully saturated rings. The van der Waals surface area contributed by atoms with Crippen molar-refractivity contribution in [2.45, 2.75) is 6.92 Å². The molecule has 0 aliphatic rings. The van der Waals surface area contributed by atoms with Crippen molar-refractivity contribution in [3.63, 3.8) is 0 Å². The predicted octanol–water partition coefficient (Wildman–Crippen LogP) is 3.88. The van der Waals surface area contributed by atoms with Gasteiger partial charge in [-0.15, -0.1) is 11.3 Å². The van der Waals surface area contributed by atoms with Gasteiger partial charge in [0.05, 0.1) is 9.90 Å². The molecule has 2 heterocycles. The number of aromatic hydroxyl groups is 1. The van der Waals surface area contributed by atoms with E-state index < -0.39 is 0 Å². The van der Waals surface area contributed by atoms with Crippen LogP contribution in [0.15, 0.2) is 30.3 Å². The Morgan fingerprint density at radius 2 is 1.95 bits per heavy atom. The summed E-state index contributed by atoms with van der Waals surface area (Å²) in [7, 11) is 1.85. The van der Waals surface area contributed by atoms with Gasteiger partial charge in [-0.25, -0.2) is 9.67 Å². The fraction of sp³-hybridized carbons (Fsp3) is 0.143. The fourth-order valence-electron chi connectivity index (χ4n) is 2.00. The van der Waals surface area contributed by atoms with Gasteiger partial charge in [-0.05, 0) is 42.8 Å². The molecule has 0 bridgehead atoms. The molecule has 1 N–H and O–H groups in total. The van der Waals surface area contributed by atoms with Crippen molar-refractivity contribution in [2.24, 2.45) is 7.05 Å². The maximum Gasteiger partial charge on any atom is 0.169 e. The van der Waals surface area contributed by atoms with Gasteiger partial charge in [0.25, 0.3) is 0 Å². The Morgan fingerprint density at radius 3 is 2.55 bits per heavy atom. The summed E-state index contributed by atoms with van der Waals surface area (Å²) in [4.78, 5) is 6.33. The topological polar surface area (TPSA) is 50.9 Å². The lowest BCUT2D eigenvalue weighted by Crippen LogP contribution is -1.93. The summed E-state index contributed by atoms with van der Waals surface area (Å²) in [6.07, 6.45) is 0. The number of benzene rings is 1. The molecule has 0 amide bonds. The average molecular weight is 306 g/mol. The predicted molar refractivity (Wildman–Crippen MR) is 81.2 cm³/mol. The summed E-state index contributed by atoms with van der Waals surface area (Å²) >= 11 is 7.88. The van der Waals surface area contributed by atoms with E-state index in [1.165, 1.54) is 0 Å². The first-order chi connectivity index (χ1) is 9.54. The molecule has 0 spiro atoms. The minimum atomic E-state index is 0.251. The highest BCUT2D eigenvalue weighted by Crippen LogP contribution is 2.40. The first-order valence-electron chi connectivity index (χ1n) is 6.01. The highest BCUT2D eigenvalue weighted by atomic mass is 35.5. The molecule has 20 heavy (non-hydrogen) atoms. The number of rotatable bonds is 2. The minimum absolute atomic E-state index is 0.251. The zero-order valence-electron chi connectivity index (χ0n) is 11.0. The summed E-state index contributed by atoms with van der Waals surface area (Å²) in [6.45, 7) is 1.85. The van der Waals surface area contributed by atoms with Crippen LogP contribution in [0, 0.1) is 6.92 Å². The number of phenols is 1. The minimum Gasteiger partial charge on any atom is -0.508 e. The maximum atomic E-state index is 9.34. The van der Waals surface area contributed by atoms with Gasteiger partial charge in [0, 0.05) is 11.9 Å². The van der Waals surface area contributed by atoms with Crippen LogP contribution >= 0.6 is 22.9 Å². The van der Waals surface area contributed by atoms with Gasteiger partial charge in [0.2, 0.25) is 0 Å². The van der Waals surface area contributed by atoms with Crippen LogP contribution in [0.5, 0.6) is 5.75 Å². The van der Waals surface area contributed by atoms with Gasteiger partial charge in [-0.3, -0.25) is 0 Å². The Morgan fingerprint density at radius 1 is 1.25 bits per heavy atom. The van der Waals surface area contributed by atoms with E-state index in [4.69, 9.17) is 11.6 Å². The van der Waals surface area contributed by atoms with Crippen LogP contribution in [0.25, 0.3) is 21.1 Å². The van der Waals surface area contributed by atoms with E-state index in [1.54, 1.807) is 28.2 Å². The van der Waals surface area contributed by atoms with Crippen molar-refractivity contribution in [1.29, 1.82) is 0 Å². The van der Waals surface area contributed by atoms with E-state index in [9.17, 15) is 5.11 Å². The molecule has 2 aromatic heterocycles. The number of aromatic nitrogens is 3. The molecule has 0 saturated carbocycles. The van der Waals surface area contributed by atoms with Crippen molar-refractivity contribution >= 4 is 22.9 Å². The molecular formula is C14H12ClN3OS. The van der Waals surface area contributed by atoms with E-state index in [0.717, 1.165) is 27.0 Å². The van der Waals surface area contributed by atoms with Crippen LogP contribution in [0.1, 0.15) is 5.82 Å². The van der Waals surface area contributed by atoms with Crippen LogP contribution in [0.4, 0.5) is 0 Å². The van der Waals surface area contributed by atoms with Crippen LogP contribution in [-0.2, 0) is 7.05 Å². The van der Waals surface area contributed by atoms with Crippen LogP contribution in [0.3, 0.4) is 0 Å². The van der Waals surface area contributed by atoms with Crippen LogP contribution in [0.2, 0.25) is 5.02 Å². The summed E-state index contributed by atoms with van der Waals surface area (Å²) in [6, 6.07) is 8.97. The van der Waals surface area contributed by atoms with Crippen molar-refractivity contribution in [3.8, 4) is 26.9 Å². The van der Waals surface area contributed by atoms with Crippen molar-refractivity contribution in [2.75, 3.05) is 0 Å². The molecule has 0 radical (unpaired) electrons. The third-order valence-corrected chi connectivity index (χ3v) is 4.50. The van der Waals surface area contributed by atoms with Gasteiger partial charge in [0.1, 0.15) is 11.6 Å². The second-order valence-electron chi connectivity index (χ2n) is 4.44. The third kappa shape index (κ3) is 2.30. The number of hydrogen-bond donors (Lipinski definition) is 1. The lowest BCUT2D eigenvalue weighted by atomic mass is 10.2. The summed E-state index contributed by atoms with van der Waals surface area (Å²) in [5, 5.41) is 14.2. The fourth-order valence-corrected chi connectivity index (χ4v) is 3.45. The summed E-state index contributed by atoms with van der Waals surface area (Å²) in [5.74, 6) is 1.74. The van der Waals surface area contributed by atoms with Gasteiger partial charge in [-0.2, -0.15) is 5.10 Å². The Bertz CT molecular complexity index is 761. The second kappa shape index (κ2) is 4.92. The number of nitrogens with zero attached hydrogens (tertiary/aromatic N) is 3. The van der Waals surface area contributed by atoms with E-state index in [0.29, 0.717) is 5.02 Å². The zero-order valence-corrected chi connectivity index (χ0v) is 12.5. The number of halogens is 1. The monoisotopic (exact) mass is 305 g/mol. The van der Waals surface area contributed by atoms with Crippen molar-refractivity contribution < 1.29 is 5.11 Å². The molecular weight excluding hydrogens is 294 g/mol. The van der Waals surface area contributed by atoms with Gasteiger partial charge in [0.15, 0.2) is 5.82 Å². The number of phenolic OH excluding ortho intramolecular Hbond substituents is 1. The molecule has 1 aromatic carbocycles. The standard InChI is InChI=1S/C14H12ClN3OS/c1-8-16-14(18(2)17-8)13-11(15)7-12(20-13)9-3-5-10(19)6-4-9/h3-7,19H,1-2H3. The Hall–Kier alpha value is -1.85. The van der Waals surface area contributed by atoms with E-state index >= 15 is 0 Å². The molecule has 0 unspecified atom stereocenters.